The molecule has 0 saturated carbocycles. The molecule has 11 aromatic rings. The lowest BCUT2D eigenvalue weighted by Crippen LogP contribution is -2.25. The molecule has 11 aromatic carbocycles. The van der Waals surface area contributed by atoms with Gasteiger partial charge in [-0.15, -0.1) is 0 Å². The van der Waals surface area contributed by atoms with Crippen molar-refractivity contribution in [1.29, 1.82) is 0 Å². The highest BCUT2D eigenvalue weighted by molar-refractivity contribution is 6.12. The molecule has 0 unspecified atom stereocenters. The highest BCUT2D eigenvalue weighted by Crippen LogP contribution is 2.41. The number of phenols is 2. The zero-order chi connectivity index (χ0) is 82.3. The molecule has 0 aromatic heterocycles. The van der Waals surface area contributed by atoms with E-state index in [0.29, 0.717) is 96.6 Å². The molecule has 3 amide bonds. The highest BCUT2D eigenvalue weighted by Gasteiger charge is 2.29. The Morgan fingerprint density at radius 3 is 0.887 bits per heavy atom. The van der Waals surface area contributed by atoms with E-state index in [1.807, 2.05) is 161 Å². The van der Waals surface area contributed by atoms with E-state index in [9.17, 15) is 48.9 Å². The molecule has 590 valence electrons. The number of aryl methyl sites for hydroxylation is 1. The topological polar surface area (TPSA) is 325 Å². The van der Waals surface area contributed by atoms with Crippen LogP contribution in [0.4, 0.5) is 22.7 Å². The summed E-state index contributed by atoms with van der Waals surface area (Å²) in [6.45, 7) is 20.4. The minimum absolute atomic E-state index is 0.000460. The van der Waals surface area contributed by atoms with Crippen molar-refractivity contribution in [3.05, 3.63) is 275 Å². The van der Waals surface area contributed by atoms with Crippen molar-refractivity contribution < 1.29 is 91.5 Å². The molecule has 23 heteroatoms. The Hall–Kier alpha value is -14.1. The summed E-state index contributed by atoms with van der Waals surface area (Å²) in [5.74, 6) is -2.20. The molecule has 23 nitrogen and oxygen atoms in total. The van der Waals surface area contributed by atoms with Crippen molar-refractivity contribution in [3.63, 3.8) is 0 Å². The SMILES string of the molecule is CC(C)(C)OC(=O)c1ccc(-c2ccccc2)cc1N.CC(C)(C)OC(=O)c1ccc(-c2ccccc2)cc1NC(=O)c1cc2c(cc1O)OCCO2.Cc1cc2c(cc1C(=O)Nc1cc(-c3ccccc3)ccc1C(=O)OC(C)(C)C)OCCO2.O=C(Nc1cc(-c2ccccc2)ccc1C(=O)O)c1cc2c(cc1O)OCCO2. The Balaban J connectivity index is 0.000000153. The smallest absolute Gasteiger partial charge is 0.340 e. The zero-order valence-corrected chi connectivity index (χ0v) is 65.1. The predicted octanol–water partition coefficient (Wildman–Crippen LogP) is 18.4. The number of phenolic OH excluding ortho intramolecular Hbond substituents is 2. The molecule has 8 N–H and O–H groups in total. The van der Waals surface area contributed by atoms with E-state index in [1.165, 1.54) is 30.3 Å². The summed E-state index contributed by atoms with van der Waals surface area (Å²) in [7, 11) is 0. The van der Waals surface area contributed by atoms with E-state index in [2.05, 4.69) is 16.0 Å². The van der Waals surface area contributed by atoms with Crippen molar-refractivity contribution in [2.75, 3.05) is 61.3 Å². The molecule has 0 radical (unpaired) electrons. The molecule has 3 aliphatic heterocycles. The van der Waals surface area contributed by atoms with Gasteiger partial charge in [-0.3, -0.25) is 14.4 Å². The van der Waals surface area contributed by atoms with E-state index in [4.69, 9.17) is 48.4 Å². The third kappa shape index (κ3) is 21.7. The van der Waals surface area contributed by atoms with Gasteiger partial charge in [-0.2, -0.15) is 0 Å². The number of ether oxygens (including phenoxy) is 9. The van der Waals surface area contributed by atoms with E-state index >= 15 is 0 Å². The van der Waals surface area contributed by atoms with Crippen molar-refractivity contribution in [2.45, 2.75) is 86.0 Å². The van der Waals surface area contributed by atoms with Crippen LogP contribution in [0.15, 0.2) is 231 Å². The Kier molecular flexibility index (Phi) is 25.6. The fraction of sp³-hybridized carbons (Fsp3) is 0.207. The van der Waals surface area contributed by atoms with Gasteiger partial charge in [0.15, 0.2) is 34.5 Å². The first kappa shape index (κ1) is 81.9. The van der Waals surface area contributed by atoms with Crippen LogP contribution in [-0.4, -0.2) is 113 Å². The average molecular weight is 1550 g/mol. The number of carboxylic acids is 1. The molecule has 3 heterocycles. The fourth-order valence-electron chi connectivity index (χ4n) is 12.0. The van der Waals surface area contributed by atoms with Crippen molar-refractivity contribution >= 4 is 64.3 Å². The summed E-state index contributed by atoms with van der Waals surface area (Å²) in [4.78, 5) is 88.5. The summed E-state index contributed by atoms with van der Waals surface area (Å²) in [5, 5.41) is 38.4. The number of benzene rings is 11. The maximum absolute atomic E-state index is 13.3. The Bertz CT molecular complexity index is 5230. The molecule has 14 rings (SSSR count). The number of carboxylic acid groups (broad SMARTS) is 1. The molecule has 0 bridgehead atoms. The van der Waals surface area contributed by atoms with Crippen LogP contribution >= 0.6 is 0 Å². The molecular weight excluding hydrogens is 1470 g/mol. The number of amides is 3. The summed E-state index contributed by atoms with van der Waals surface area (Å²) in [6.07, 6.45) is 0. The molecule has 115 heavy (non-hydrogen) atoms. The standard InChI is InChI=1S/C27H27NO5.C26H25NO6.C22H17NO6.C17H19NO2/c1-17-14-23-24(32-13-12-31-23)16-21(17)25(29)28-22-15-19(18-8-6-5-7-9-18)10-11-20(22)26(30)33-27(2,3)4;1-26(2,3)33-25(30)18-10-9-17(16-7-5-4-6-8-16)13-20(18)27-24(29)19-14-22-23(15-21(19)28)32-12-11-31-22;24-18-12-20-19(28-8-9-29-20)11-16(18)21(25)23-17-10-14(6-7-15(17)22(26)27)13-4-2-1-3-5-13;1-17(2,3)20-16(19)14-10-9-13(11-15(14)18)12-7-5-4-6-8-12/h5-11,14-16H,12-13H2,1-4H3,(H,28,29);4-10,13-15,28H,11-12H2,1-3H3,(H,27,29);1-7,10-12,24H,8-9H2,(H,23,25)(H,26,27);4-11H,18H2,1-3H3. The molecule has 0 aliphatic carbocycles. The van der Waals surface area contributed by atoms with E-state index in [-0.39, 0.29) is 56.6 Å². The largest absolute Gasteiger partial charge is 0.507 e. The quantitative estimate of drug-likeness (QED) is 0.0302. The van der Waals surface area contributed by atoms with Gasteiger partial charge >= 0.3 is 23.9 Å². The van der Waals surface area contributed by atoms with Crippen LogP contribution in [0.3, 0.4) is 0 Å². The molecule has 3 aliphatic rings. The lowest BCUT2D eigenvalue weighted by molar-refractivity contribution is 0.00580. The maximum atomic E-state index is 13.3. The number of hydrogen-bond acceptors (Lipinski definition) is 19. The summed E-state index contributed by atoms with van der Waals surface area (Å²) < 4.78 is 49.4. The van der Waals surface area contributed by atoms with Gasteiger partial charge < -0.3 is 79.6 Å². The van der Waals surface area contributed by atoms with E-state index < -0.39 is 52.5 Å². The van der Waals surface area contributed by atoms with Gasteiger partial charge in [-0.05, 0) is 180 Å². The summed E-state index contributed by atoms with van der Waals surface area (Å²) in [6, 6.07) is 68.1. The van der Waals surface area contributed by atoms with Gasteiger partial charge in [-0.1, -0.05) is 146 Å². The maximum Gasteiger partial charge on any atom is 0.340 e. The van der Waals surface area contributed by atoms with Crippen LogP contribution in [0.25, 0.3) is 44.5 Å². The van der Waals surface area contributed by atoms with E-state index in [1.54, 1.807) is 108 Å². The second-order valence-electron chi connectivity index (χ2n) is 29.6. The van der Waals surface area contributed by atoms with Crippen molar-refractivity contribution in [3.8, 4) is 90.5 Å². The third-order valence-corrected chi connectivity index (χ3v) is 17.3. The number of rotatable bonds is 14. The first-order valence-electron chi connectivity index (χ1n) is 36.9. The van der Waals surface area contributed by atoms with Crippen LogP contribution in [0.2, 0.25) is 0 Å². The average Bonchev–Trinajstić information content (AvgIpc) is 0.804. The monoisotopic (exact) mass is 1550 g/mol. The number of nitrogens with two attached hydrogens (primary N) is 1. The number of esters is 3. The van der Waals surface area contributed by atoms with Crippen molar-refractivity contribution in [1.82, 2.24) is 0 Å². The number of carbonyl (C=O) groups excluding carboxylic acids is 6. The van der Waals surface area contributed by atoms with Crippen LogP contribution < -0.4 is 50.1 Å². The fourth-order valence-corrected chi connectivity index (χ4v) is 12.0. The Morgan fingerprint density at radius 2 is 0.574 bits per heavy atom. The first-order valence-corrected chi connectivity index (χ1v) is 36.9. The van der Waals surface area contributed by atoms with Gasteiger partial charge in [-0.25, -0.2) is 19.2 Å². The van der Waals surface area contributed by atoms with Gasteiger partial charge in [0, 0.05) is 35.5 Å². The number of hydrogen-bond donors (Lipinski definition) is 7. The van der Waals surface area contributed by atoms with Crippen LogP contribution in [0, 0.1) is 6.92 Å². The van der Waals surface area contributed by atoms with Gasteiger partial charge in [0.05, 0.1) is 50.4 Å². The van der Waals surface area contributed by atoms with Crippen LogP contribution in [0.5, 0.6) is 46.0 Å². The molecular formula is C92H88N4O19. The minimum atomic E-state index is -1.17. The Labute approximate surface area is 665 Å². The van der Waals surface area contributed by atoms with Crippen molar-refractivity contribution in [2.24, 2.45) is 0 Å². The molecule has 0 atom stereocenters. The van der Waals surface area contributed by atoms with Crippen LogP contribution in [-0.2, 0) is 14.2 Å². The second kappa shape index (κ2) is 35.9. The number of anilines is 4. The summed E-state index contributed by atoms with van der Waals surface area (Å²) in [5.41, 5.74) is 14.5. The number of aromatic hydroxyl groups is 2. The zero-order valence-electron chi connectivity index (χ0n) is 65.1. The number of aromatic carboxylic acids is 1. The minimum Gasteiger partial charge on any atom is -0.507 e. The lowest BCUT2D eigenvalue weighted by atomic mass is 10.0. The highest BCUT2D eigenvalue weighted by atomic mass is 16.6. The lowest BCUT2D eigenvalue weighted by Gasteiger charge is -2.22. The predicted molar refractivity (Wildman–Crippen MR) is 439 cm³/mol. The number of fused-ring (bicyclic) bond motifs is 3. The first-order chi connectivity index (χ1) is 54.8. The number of nitrogens with one attached hydrogen (secondary N) is 3. The Morgan fingerprint density at radius 1 is 0.313 bits per heavy atom. The van der Waals surface area contributed by atoms with Gasteiger partial charge in [0.25, 0.3) is 17.7 Å². The van der Waals surface area contributed by atoms with Crippen LogP contribution in [0.1, 0.15) is 140 Å². The second-order valence-corrected chi connectivity index (χ2v) is 29.6. The molecule has 0 spiro atoms. The normalized spacial score (nSPS) is 12.3. The number of carbonyl (C=O) groups is 7. The molecule has 0 saturated heterocycles. The van der Waals surface area contributed by atoms with Gasteiger partial charge in [0.2, 0.25) is 0 Å². The summed E-state index contributed by atoms with van der Waals surface area (Å²) >= 11 is 0. The van der Waals surface area contributed by atoms with Gasteiger partial charge in [0.1, 0.15) is 67.9 Å². The number of nitrogen functional groups attached to an aromatic ring is 1. The van der Waals surface area contributed by atoms with E-state index in [0.717, 1.165) is 50.1 Å². The molecule has 0 fully saturated rings. The third-order valence-electron chi connectivity index (χ3n) is 17.3.